The van der Waals surface area contributed by atoms with Crippen molar-refractivity contribution in [1.29, 1.82) is 0 Å². The van der Waals surface area contributed by atoms with Gasteiger partial charge in [-0.05, 0) is 43.3 Å². The van der Waals surface area contributed by atoms with Crippen molar-refractivity contribution in [1.82, 2.24) is 0 Å². The topological polar surface area (TPSA) is 125 Å². The number of nitrogens with zero attached hydrogens (tertiary/aromatic N) is 1. The van der Waals surface area contributed by atoms with E-state index in [0.717, 1.165) is 6.07 Å². The number of nitrogens with two attached hydrogens (primary N) is 1. The molecule has 0 aromatic heterocycles. The Bertz CT molecular complexity index is 823. The van der Waals surface area contributed by atoms with Gasteiger partial charge in [-0.1, -0.05) is 0 Å². The summed E-state index contributed by atoms with van der Waals surface area (Å²) in [5, 5.41) is 13.3. The number of esters is 1. The molecule has 0 saturated heterocycles. The zero-order valence-electron chi connectivity index (χ0n) is 13.1. The first-order valence-electron chi connectivity index (χ1n) is 7.09. The first-order valence-corrected chi connectivity index (χ1v) is 7.09. The fraction of sp³-hybridized carbons (Fsp3) is 0.125. The monoisotopic (exact) mass is 347 g/mol. The summed E-state index contributed by atoms with van der Waals surface area (Å²) in [7, 11) is 0. The van der Waals surface area contributed by atoms with E-state index < -0.39 is 34.4 Å². The summed E-state index contributed by atoms with van der Waals surface area (Å²) in [6.45, 7) is 1.34. The smallest absolute Gasteiger partial charge is 0.339 e. The molecule has 2 aromatic carbocycles. The molecule has 2 rings (SSSR count). The predicted molar refractivity (Wildman–Crippen MR) is 87.4 cm³/mol. The fourth-order valence-corrected chi connectivity index (χ4v) is 1.89. The number of nitrogen functional groups attached to an aromatic ring is 1. The summed E-state index contributed by atoms with van der Waals surface area (Å²) < 4.78 is 17.8. The molecule has 0 bridgehead atoms. The number of nitro groups is 1. The molecule has 1 amide bonds. The molecule has 0 aliphatic heterocycles. The second kappa shape index (κ2) is 7.39. The molecular formula is C16H14FN3O5. The third-order valence-corrected chi connectivity index (χ3v) is 3.23. The summed E-state index contributed by atoms with van der Waals surface area (Å²) in [6.07, 6.45) is -1.17. The Kier molecular flexibility index (Phi) is 5.28. The number of carbonyl (C=O) groups is 2. The zero-order valence-corrected chi connectivity index (χ0v) is 13.1. The summed E-state index contributed by atoms with van der Waals surface area (Å²) >= 11 is 0. The number of halogens is 1. The predicted octanol–water partition coefficient (Wildman–Crippen LogP) is 2.50. The van der Waals surface area contributed by atoms with Crippen LogP contribution < -0.4 is 11.1 Å². The number of rotatable bonds is 5. The summed E-state index contributed by atoms with van der Waals surface area (Å²) in [5.74, 6) is -2.00. The zero-order chi connectivity index (χ0) is 18.6. The lowest BCUT2D eigenvalue weighted by Crippen LogP contribution is -2.30. The lowest BCUT2D eigenvalue weighted by atomic mass is 10.2. The normalized spacial score (nSPS) is 11.4. The number of nitro benzene ring substituents is 1. The Morgan fingerprint density at radius 3 is 2.48 bits per heavy atom. The Morgan fingerprint density at radius 2 is 1.88 bits per heavy atom. The third kappa shape index (κ3) is 4.50. The molecule has 2 aromatic rings. The Balaban J connectivity index is 2.04. The average Bonchev–Trinajstić information content (AvgIpc) is 2.56. The van der Waals surface area contributed by atoms with Crippen LogP contribution in [0.1, 0.15) is 17.3 Å². The maximum absolute atomic E-state index is 12.8. The molecule has 1 atom stereocenters. The molecule has 0 radical (unpaired) electrons. The first kappa shape index (κ1) is 17.9. The van der Waals surface area contributed by atoms with Crippen molar-refractivity contribution in [2.24, 2.45) is 0 Å². The highest BCUT2D eigenvalue weighted by Crippen LogP contribution is 2.23. The van der Waals surface area contributed by atoms with E-state index in [1.54, 1.807) is 0 Å². The van der Waals surface area contributed by atoms with Crippen molar-refractivity contribution in [3.05, 3.63) is 64.0 Å². The minimum absolute atomic E-state index is 0.0938. The van der Waals surface area contributed by atoms with E-state index in [-0.39, 0.29) is 11.3 Å². The molecule has 130 valence electrons. The summed E-state index contributed by atoms with van der Waals surface area (Å²) in [5.41, 5.74) is 5.15. The Hall–Kier alpha value is -3.49. The average molecular weight is 347 g/mol. The molecule has 0 aliphatic carbocycles. The van der Waals surface area contributed by atoms with Crippen LogP contribution in [0.2, 0.25) is 0 Å². The van der Waals surface area contributed by atoms with Crippen LogP contribution in [0.5, 0.6) is 0 Å². The van der Waals surface area contributed by atoms with Crippen LogP contribution in [0, 0.1) is 15.9 Å². The molecule has 8 nitrogen and oxygen atoms in total. The Morgan fingerprint density at radius 1 is 1.24 bits per heavy atom. The lowest BCUT2D eigenvalue weighted by Gasteiger charge is -2.13. The summed E-state index contributed by atoms with van der Waals surface area (Å²) in [6, 6.07) is 8.48. The molecule has 0 unspecified atom stereocenters. The molecule has 9 heteroatoms. The third-order valence-electron chi connectivity index (χ3n) is 3.23. The minimum Gasteiger partial charge on any atom is -0.449 e. The van der Waals surface area contributed by atoms with Crippen LogP contribution >= 0.6 is 0 Å². The first-order chi connectivity index (χ1) is 11.8. The van der Waals surface area contributed by atoms with Crippen LogP contribution in [-0.4, -0.2) is 22.9 Å². The van der Waals surface area contributed by atoms with Gasteiger partial charge in [-0.3, -0.25) is 14.9 Å². The van der Waals surface area contributed by atoms with Crippen LogP contribution in [-0.2, 0) is 9.53 Å². The van der Waals surface area contributed by atoms with E-state index in [4.69, 9.17) is 10.5 Å². The SMILES string of the molecule is C[C@@H](OC(=O)c1ccc(N)c([N+](=O)[O-])c1)C(=O)Nc1ccc(F)cc1. The van der Waals surface area contributed by atoms with E-state index >= 15 is 0 Å². The molecule has 0 saturated carbocycles. The van der Waals surface area contributed by atoms with Gasteiger partial charge >= 0.3 is 5.97 Å². The molecular weight excluding hydrogens is 333 g/mol. The molecule has 0 fully saturated rings. The van der Waals surface area contributed by atoms with Crippen LogP contribution in [0.25, 0.3) is 0 Å². The second-order valence-corrected chi connectivity index (χ2v) is 5.07. The van der Waals surface area contributed by atoms with Gasteiger partial charge in [0.1, 0.15) is 11.5 Å². The van der Waals surface area contributed by atoms with Crippen molar-refractivity contribution >= 4 is 28.9 Å². The van der Waals surface area contributed by atoms with Crippen molar-refractivity contribution in [2.75, 3.05) is 11.1 Å². The number of hydrogen-bond acceptors (Lipinski definition) is 6. The van der Waals surface area contributed by atoms with Gasteiger partial charge in [-0.25, -0.2) is 9.18 Å². The fourth-order valence-electron chi connectivity index (χ4n) is 1.89. The number of hydrogen-bond donors (Lipinski definition) is 2. The molecule has 3 N–H and O–H groups in total. The lowest BCUT2D eigenvalue weighted by molar-refractivity contribution is -0.383. The number of carbonyl (C=O) groups excluding carboxylic acids is 2. The number of ether oxygens (including phenoxy) is 1. The molecule has 25 heavy (non-hydrogen) atoms. The highest BCUT2D eigenvalue weighted by Gasteiger charge is 2.21. The standard InChI is InChI=1S/C16H14FN3O5/c1-9(15(21)19-12-5-3-11(17)4-6-12)25-16(22)10-2-7-13(18)14(8-10)20(23)24/h2-9H,18H2,1H3,(H,19,21)/t9-/m1/s1. The summed E-state index contributed by atoms with van der Waals surface area (Å²) in [4.78, 5) is 34.1. The van der Waals surface area contributed by atoms with E-state index in [1.807, 2.05) is 0 Å². The van der Waals surface area contributed by atoms with E-state index in [1.165, 1.54) is 43.3 Å². The van der Waals surface area contributed by atoms with Crippen LogP contribution in [0.3, 0.4) is 0 Å². The van der Waals surface area contributed by atoms with Gasteiger partial charge in [-0.2, -0.15) is 0 Å². The quantitative estimate of drug-likeness (QED) is 0.370. The molecule has 0 aliphatic rings. The van der Waals surface area contributed by atoms with Crippen LogP contribution in [0.15, 0.2) is 42.5 Å². The van der Waals surface area contributed by atoms with Gasteiger partial charge in [0.05, 0.1) is 10.5 Å². The van der Waals surface area contributed by atoms with Crippen molar-refractivity contribution in [3.8, 4) is 0 Å². The van der Waals surface area contributed by atoms with E-state index in [9.17, 15) is 24.1 Å². The van der Waals surface area contributed by atoms with Gasteiger partial charge in [-0.15, -0.1) is 0 Å². The minimum atomic E-state index is -1.17. The van der Waals surface area contributed by atoms with Gasteiger partial charge in [0, 0.05) is 11.8 Å². The van der Waals surface area contributed by atoms with Crippen molar-refractivity contribution < 1.29 is 23.6 Å². The highest BCUT2D eigenvalue weighted by atomic mass is 19.1. The molecule has 0 spiro atoms. The Labute approximate surface area is 141 Å². The maximum atomic E-state index is 12.8. The van der Waals surface area contributed by atoms with Gasteiger partial charge in [0.2, 0.25) is 0 Å². The second-order valence-electron chi connectivity index (χ2n) is 5.07. The highest BCUT2D eigenvalue weighted by molar-refractivity contribution is 5.97. The maximum Gasteiger partial charge on any atom is 0.339 e. The van der Waals surface area contributed by atoms with E-state index in [0.29, 0.717) is 5.69 Å². The van der Waals surface area contributed by atoms with Gasteiger partial charge in [0.25, 0.3) is 11.6 Å². The number of nitrogens with one attached hydrogen (secondary N) is 1. The van der Waals surface area contributed by atoms with Crippen molar-refractivity contribution in [2.45, 2.75) is 13.0 Å². The van der Waals surface area contributed by atoms with Gasteiger partial charge < -0.3 is 15.8 Å². The number of anilines is 2. The van der Waals surface area contributed by atoms with Crippen LogP contribution in [0.4, 0.5) is 21.5 Å². The van der Waals surface area contributed by atoms with E-state index in [2.05, 4.69) is 5.32 Å². The number of benzene rings is 2. The van der Waals surface area contributed by atoms with Crippen molar-refractivity contribution in [3.63, 3.8) is 0 Å². The van der Waals surface area contributed by atoms with Gasteiger partial charge in [0.15, 0.2) is 6.10 Å². The largest absolute Gasteiger partial charge is 0.449 e. The number of amides is 1. The molecule has 0 heterocycles.